The minimum absolute atomic E-state index is 0.0391. The number of fused-ring (bicyclic) bond motifs is 1. The van der Waals surface area contributed by atoms with Gasteiger partial charge in [-0.2, -0.15) is 18.4 Å². The highest BCUT2D eigenvalue weighted by Crippen LogP contribution is 2.36. The highest BCUT2D eigenvalue weighted by Gasteiger charge is 2.34. The van der Waals surface area contributed by atoms with Crippen LogP contribution in [0.4, 0.5) is 24.7 Å². The Bertz CT molecular complexity index is 734. The van der Waals surface area contributed by atoms with E-state index in [0.717, 1.165) is 23.4 Å². The monoisotopic (exact) mass is 290 g/mol. The van der Waals surface area contributed by atoms with E-state index in [0.29, 0.717) is 13.0 Å². The van der Waals surface area contributed by atoms with E-state index in [2.05, 4.69) is 9.97 Å². The summed E-state index contributed by atoms with van der Waals surface area (Å²) in [5.41, 5.74) is 0.792. The molecule has 2 aromatic rings. The van der Waals surface area contributed by atoms with Crippen LogP contribution in [-0.2, 0) is 12.6 Å². The van der Waals surface area contributed by atoms with Crippen LogP contribution in [0.3, 0.4) is 0 Å². The van der Waals surface area contributed by atoms with Gasteiger partial charge in [-0.3, -0.25) is 4.98 Å². The lowest BCUT2D eigenvalue weighted by Crippen LogP contribution is -2.19. The van der Waals surface area contributed by atoms with Crippen LogP contribution < -0.4 is 4.90 Å². The second kappa shape index (κ2) is 4.74. The molecule has 0 amide bonds. The summed E-state index contributed by atoms with van der Waals surface area (Å²) in [6, 6.07) is 5.59. The number of hydrogen-bond donors (Lipinski definition) is 0. The van der Waals surface area contributed by atoms with Gasteiger partial charge in [-0.25, -0.2) is 4.98 Å². The predicted molar refractivity (Wildman–Crippen MR) is 68.9 cm³/mol. The number of nitrogens with zero attached hydrogens (tertiary/aromatic N) is 4. The van der Waals surface area contributed by atoms with E-state index >= 15 is 0 Å². The summed E-state index contributed by atoms with van der Waals surface area (Å²) in [5.74, 6) is 0.0391. The second-order valence-corrected chi connectivity index (χ2v) is 4.58. The van der Waals surface area contributed by atoms with Gasteiger partial charge in [0.15, 0.2) is 5.82 Å². The fourth-order valence-electron chi connectivity index (χ4n) is 2.35. The Morgan fingerprint density at radius 2 is 2.05 bits per heavy atom. The number of anilines is 2. The molecule has 106 valence electrons. The van der Waals surface area contributed by atoms with E-state index in [4.69, 9.17) is 5.26 Å². The number of nitriles is 1. The fourth-order valence-corrected chi connectivity index (χ4v) is 2.35. The van der Waals surface area contributed by atoms with Crippen molar-refractivity contribution in [2.24, 2.45) is 0 Å². The first-order valence-corrected chi connectivity index (χ1v) is 6.19. The van der Waals surface area contributed by atoms with Gasteiger partial charge in [0.2, 0.25) is 0 Å². The molecule has 3 heterocycles. The van der Waals surface area contributed by atoms with Gasteiger partial charge >= 0.3 is 6.18 Å². The largest absolute Gasteiger partial charge is 0.433 e. The summed E-state index contributed by atoms with van der Waals surface area (Å²) in [6.07, 6.45) is -0.638. The summed E-state index contributed by atoms with van der Waals surface area (Å²) in [5, 5.41) is 9.11. The smallest absolute Gasteiger partial charge is 0.325 e. The van der Waals surface area contributed by atoms with E-state index in [1.165, 1.54) is 0 Å². The highest BCUT2D eigenvalue weighted by atomic mass is 19.4. The van der Waals surface area contributed by atoms with Crippen molar-refractivity contribution < 1.29 is 13.2 Å². The summed E-state index contributed by atoms with van der Waals surface area (Å²) in [4.78, 5) is 9.28. The van der Waals surface area contributed by atoms with Crippen LogP contribution in [0.2, 0.25) is 0 Å². The average Bonchev–Trinajstić information content (AvgIpc) is 2.89. The van der Waals surface area contributed by atoms with E-state index in [9.17, 15) is 13.2 Å². The molecule has 0 fully saturated rings. The van der Waals surface area contributed by atoms with Crippen LogP contribution in [0.25, 0.3) is 0 Å². The van der Waals surface area contributed by atoms with Crippen LogP contribution in [-0.4, -0.2) is 16.5 Å². The number of alkyl halides is 3. The molecule has 7 heteroatoms. The molecule has 2 aromatic heterocycles. The van der Waals surface area contributed by atoms with Crippen molar-refractivity contribution >= 4 is 11.5 Å². The van der Waals surface area contributed by atoms with Crippen molar-refractivity contribution in [3.05, 3.63) is 47.4 Å². The van der Waals surface area contributed by atoms with Crippen LogP contribution in [0.1, 0.15) is 16.8 Å². The Morgan fingerprint density at radius 1 is 1.24 bits per heavy atom. The molecule has 0 aliphatic carbocycles. The SMILES string of the molecule is N#Cc1ccc(C(F)(F)F)nc1N1CCc2cnccc21. The van der Waals surface area contributed by atoms with Crippen molar-refractivity contribution in [1.29, 1.82) is 5.26 Å². The zero-order valence-corrected chi connectivity index (χ0v) is 10.7. The molecule has 4 nitrogen and oxygen atoms in total. The molecule has 0 spiro atoms. The first kappa shape index (κ1) is 13.4. The maximum absolute atomic E-state index is 12.8. The van der Waals surface area contributed by atoms with Crippen molar-refractivity contribution in [2.45, 2.75) is 12.6 Å². The lowest BCUT2D eigenvalue weighted by Gasteiger charge is -2.20. The Balaban J connectivity index is 2.13. The molecule has 1 aliphatic heterocycles. The van der Waals surface area contributed by atoms with E-state index in [1.807, 2.05) is 6.07 Å². The third kappa shape index (κ3) is 2.29. The highest BCUT2D eigenvalue weighted by molar-refractivity contribution is 5.70. The Morgan fingerprint density at radius 3 is 2.76 bits per heavy atom. The predicted octanol–water partition coefficient (Wildman–Crippen LogP) is 3.06. The average molecular weight is 290 g/mol. The maximum atomic E-state index is 12.8. The Labute approximate surface area is 118 Å². The van der Waals surface area contributed by atoms with Gasteiger partial charge in [-0.1, -0.05) is 0 Å². The molecule has 0 atom stereocenters. The Kier molecular flexibility index (Phi) is 3.01. The first-order chi connectivity index (χ1) is 10.0. The molecule has 0 N–H and O–H groups in total. The van der Waals surface area contributed by atoms with Gasteiger partial charge in [-0.05, 0) is 30.2 Å². The van der Waals surface area contributed by atoms with Crippen molar-refractivity contribution in [3.63, 3.8) is 0 Å². The molecular weight excluding hydrogens is 281 g/mol. The van der Waals surface area contributed by atoms with E-state index in [-0.39, 0.29) is 11.4 Å². The van der Waals surface area contributed by atoms with E-state index < -0.39 is 11.9 Å². The molecule has 3 rings (SSSR count). The molecule has 0 aromatic carbocycles. The van der Waals surface area contributed by atoms with Gasteiger partial charge in [0, 0.05) is 24.6 Å². The summed E-state index contributed by atoms with van der Waals surface area (Å²) in [7, 11) is 0. The maximum Gasteiger partial charge on any atom is 0.433 e. The standard InChI is InChI=1S/C14H9F3N4/c15-14(16,17)12-2-1-9(7-18)13(20-12)21-6-4-10-8-19-5-3-11(10)21/h1-3,5,8H,4,6H2. The molecule has 0 saturated carbocycles. The molecule has 0 saturated heterocycles. The lowest BCUT2D eigenvalue weighted by atomic mass is 10.2. The fraction of sp³-hybridized carbons (Fsp3) is 0.214. The molecule has 21 heavy (non-hydrogen) atoms. The minimum Gasteiger partial charge on any atom is -0.325 e. The van der Waals surface area contributed by atoms with E-state index in [1.54, 1.807) is 23.4 Å². The first-order valence-electron chi connectivity index (χ1n) is 6.19. The topological polar surface area (TPSA) is 52.8 Å². The normalized spacial score (nSPS) is 13.9. The van der Waals surface area contributed by atoms with Gasteiger partial charge in [0.25, 0.3) is 0 Å². The molecule has 1 aliphatic rings. The number of hydrogen-bond acceptors (Lipinski definition) is 4. The number of halogens is 3. The molecule has 0 radical (unpaired) electrons. The third-order valence-electron chi connectivity index (χ3n) is 3.32. The number of pyridine rings is 2. The van der Waals surface area contributed by atoms with Gasteiger partial charge in [-0.15, -0.1) is 0 Å². The number of aromatic nitrogens is 2. The molecule has 0 bridgehead atoms. The van der Waals surface area contributed by atoms with Gasteiger partial charge in [0.05, 0.1) is 5.56 Å². The third-order valence-corrected chi connectivity index (χ3v) is 3.32. The van der Waals surface area contributed by atoms with Crippen molar-refractivity contribution in [2.75, 3.05) is 11.4 Å². The van der Waals surface area contributed by atoms with Crippen molar-refractivity contribution in [1.82, 2.24) is 9.97 Å². The molecular formula is C14H9F3N4. The summed E-state index contributed by atoms with van der Waals surface area (Å²) < 4.78 is 38.4. The second-order valence-electron chi connectivity index (χ2n) is 4.58. The van der Waals surface area contributed by atoms with Crippen LogP contribution >= 0.6 is 0 Å². The van der Waals surface area contributed by atoms with Gasteiger partial charge < -0.3 is 4.90 Å². The summed E-state index contributed by atoms with van der Waals surface area (Å²) >= 11 is 0. The lowest BCUT2D eigenvalue weighted by molar-refractivity contribution is -0.141. The quantitative estimate of drug-likeness (QED) is 0.810. The Hall–Kier alpha value is -2.62. The van der Waals surface area contributed by atoms with Crippen LogP contribution in [0, 0.1) is 11.3 Å². The minimum atomic E-state index is -4.54. The zero-order chi connectivity index (χ0) is 15.0. The van der Waals surface area contributed by atoms with Crippen molar-refractivity contribution in [3.8, 4) is 6.07 Å². The summed E-state index contributed by atoms with van der Waals surface area (Å²) in [6.45, 7) is 0.476. The van der Waals surface area contributed by atoms with Crippen LogP contribution in [0.15, 0.2) is 30.6 Å². The zero-order valence-electron chi connectivity index (χ0n) is 10.7. The number of rotatable bonds is 1. The molecule has 0 unspecified atom stereocenters. The van der Waals surface area contributed by atoms with Crippen LogP contribution in [0.5, 0.6) is 0 Å². The van der Waals surface area contributed by atoms with Gasteiger partial charge in [0.1, 0.15) is 11.8 Å².